The Bertz CT molecular complexity index is 1090. The normalized spacial score (nSPS) is 11.4. The number of amides is 1. The van der Waals surface area contributed by atoms with Crippen molar-refractivity contribution in [3.63, 3.8) is 0 Å². The lowest BCUT2D eigenvalue weighted by Crippen LogP contribution is -2.25. The Balaban J connectivity index is 1.53. The maximum absolute atomic E-state index is 12.4. The Hall–Kier alpha value is -2.57. The Morgan fingerprint density at radius 3 is 2.48 bits per heavy atom. The van der Waals surface area contributed by atoms with Gasteiger partial charge in [-0.15, -0.1) is 0 Å². The van der Waals surface area contributed by atoms with Crippen LogP contribution in [0.3, 0.4) is 0 Å². The Labute approximate surface area is 175 Å². The number of nitrogens with one attached hydrogen (secondary N) is 1. The van der Waals surface area contributed by atoms with E-state index in [-0.39, 0.29) is 28.9 Å². The third-order valence-corrected chi connectivity index (χ3v) is 6.08. The molecule has 3 rings (SSSR count). The summed E-state index contributed by atoms with van der Waals surface area (Å²) in [5, 5.41) is 3.43. The van der Waals surface area contributed by atoms with Crippen LogP contribution in [0.1, 0.15) is 33.0 Å². The van der Waals surface area contributed by atoms with Crippen LogP contribution < -0.4 is 5.32 Å². The minimum atomic E-state index is -3.41. The van der Waals surface area contributed by atoms with Crippen molar-refractivity contribution >= 4 is 27.3 Å². The van der Waals surface area contributed by atoms with Gasteiger partial charge in [0.25, 0.3) is 5.91 Å². The van der Waals surface area contributed by atoms with Gasteiger partial charge in [-0.2, -0.15) is 0 Å². The molecule has 1 aromatic heterocycles. The third-order valence-electron chi connectivity index (χ3n) is 4.33. The summed E-state index contributed by atoms with van der Waals surface area (Å²) in [6.45, 7) is 2.35. The molecular formula is C22H22ClNO4S. The monoisotopic (exact) mass is 431 g/mol. The van der Waals surface area contributed by atoms with Crippen LogP contribution in [0.4, 0.5) is 0 Å². The molecule has 29 heavy (non-hydrogen) atoms. The van der Waals surface area contributed by atoms with Gasteiger partial charge in [-0.05, 0) is 48.7 Å². The molecule has 3 aromatic rings. The van der Waals surface area contributed by atoms with Crippen molar-refractivity contribution in [1.82, 2.24) is 5.32 Å². The fourth-order valence-corrected chi connectivity index (χ4v) is 4.46. The summed E-state index contributed by atoms with van der Waals surface area (Å²) < 4.78 is 30.3. The van der Waals surface area contributed by atoms with E-state index in [2.05, 4.69) is 5.32 Å². The number of furan rings is 1. The van der Waals surface area contributed by atoms with Crippen LogP contribution in [0.25, 0.3) is 0 Å². The van der Waals surface area contributed by atoms with Gasteiger partial charge in [-0.1, -0.05) is 53.6 Å². The van der Waals surface area contributed by atoms with Gasteiger partial charge in [0.05, 0.1) is 5.75 Å². The summed E-state index contributed by atoms with van der Waals surface area (Å²) in [6.07, 6.45) is 0.654. The first-order chi connectivity index (χ1) is 13.8. The SMILES string of the molecule is Cc1cccc(CS(=O)(=O)Cc2ccc(C(=O)NCCc3ccc(Cl)cc3)o2)c1. The maximum Gasteiger partial charge on any atom is 0.287 e. The number of halogens is 1. The number of benzene rings is 2. The fraction of sp³-hybridized carbons (Fsp3) is 0.227. The van der Waals surface area contributed by atoms with Crippen LogP contribution in [0.2, 0.25) is 5.02 Å². The van der Waals surface area contributed by atoms with E-state index in [0.29, 0.717) is 18.0 Å². The molecule has 0 saturated carbocycles. The molecular weight excluding hydrogens is 410 g/mol. The number of sulfone groups is 1. The molecule has 0 unspecified atom stereocenters. The van der Waals surface area contributed by atoms with Crippen LogP contribution in [0, 0.1) is 6.92 Å². The molecule has 152 valence electrons. The largest absolute Gasteiger partial charge is 0.455 e. The number of hydrogen-bond acceptors (Lipinski definition) is 4. The molecule has 5 nitrogen and oxygen atoms in total. The molecule has 1 heterocycles. The average molecular weight is 432 g/mol. The van der Waals surface area contributed by atoms with Gasteiger partial charge >= 0.3 is 0 Å². The first kappa shape index (κ1) is 21.1. The Morgan fingerprint density at radius 2 is 1.76 bits per heavy atom. The zero-order chi connectivity index (χ0) is 20.9. The number of hydrogen-bond donors (Lipinski definition) is 1. The first-order valence-electron chi connectivity index (χ1n) is 9.18. The maximum atomic E-state index is 12.4. The van der Waals surface area contributed by atoms with E-state index in [1.165, 1.54) is 12.1 Å². The predicted molar refractivity (Wildman–Crippen MR) is 114 cm³/mol. The predicted octanol–water partition coefficient (Wildman–Crippen LogP) is 4.33. The highest BCUT2D eigenvalue weighted by molar-refractivity contribution is 7.89. The van der Waals surface area contributed by atoms with Crippen LogP contribution in [-0.4, -0.2) is 20.9 Å². The standard InChI is InChI=1S/C22H22ClNO4S/c1-16-3-2-4-18(13-16)14-29(26,27)15-20-9-10-21(28-20)22(25)24-12-11-17-5-7-19(23)8-6-17/h2-10,13H,11-12,14-15H2,1H3,(H,24,25). The number of carbonyl (C=O) groups is 1. The van der Waals surface area contributed by atoms with Crippen molar-refractivity contribution in [2.24, 2.45) is 0 Å². The van der Waals surface area contributed by atoms with Crippen molar-refractivity contribution in [2.75, 3.05) is 6.54 Å². The van der Waals surface area contributed by atoms with Crippen molar-refractivity contribution < 1.29 is 17.6 Å². The van der Waals surface area contributed by atoms with Crippen molar-refractivity contribution in [1.29, 1.82) is 0 Å². The van der Waals surface area contributed by atoms with Crippen LogP contribution in [0.5, 0.6) is 0 Å². The van der Waals surface area contributed by atoms with Gasteiger partial charge in [0, 0.05) is 11.6 Å². The molecule has 1 amide bonds. The van der Waals surface area contributed by atoms with Crippen LogP contribution in [0.15, 0.2) is 65.1 Å². The lowest BCUT2D eigenvalue weighted by atomic mass is 10.1. The van der Waals surface area contributed by atoms with Crippen molar-refractivity contribution in [3.05, 3.63) is 93.9 Å². The van der Waals surface area contributed by atoms with Crippen molar-refractivity contribution in [3.8, 4) is 0 Å². The number of carbonyl (C=O) groups excluding carboxylic acids is 1. The zero-order valence-corrected chi connectivity index (χ0v) is 17.6. The topological polar surface area (TPSA) is 76.4 Å². The smallest absolute Gasteiger partial charge is 0.287 e. The lowest BCUT2D eigenvalue weighted by molar-refractivity contribution is 0.0925. The van der Waals surface area contributed by atoms with Crippen LogP contribution >= 0.6 is 11.6 Å². The average Bonchev–Trinajstić information content (AvgIpc) is 3.10. The van der Waals surface area contributed by atoms with Gasteiger partial charge in [0.1, 0.15) is 11.5 Å². The highest BCUT2D eigenvalue weighted by atomic mass is 35.5. The minimum absolute atomic E-state index is 0.0714. The molecule has 0 aliphatic rings. The van der Waals surface area contributed by atoms with E-state index in [9.17, 15) is 13.2 Å². The third kappa shape index (κ3) is 6.48. The minimum Gasteiger partial charge on any atom is -0.455 e. The first-order valence-corrected chi connectivity index (χ1v) is 11.4. The fourth-order valence-electron chi connectivity index (χ4n) is 2.96. The highest BCUT2D eigenvalue weighted by Crippen LogP contribution is 2.16. The summed E-state index contributed by atoms with van der Waals surface area (Å²) in [6, 6.07) is 17.8. The van der Waals surface area contributed by atoms with E-state index in [0.717, 1.165) is 16.7 Å². The van der Waals surface area contributed by atoms with Gasteiger partial charge in [0.2, 0.25) is 0 Å². The zero-order valence-electron chi connectivity index (χ0n) is 16.0. The van der Waals surface area contributed by atoms with Gasteiger partial charge in [-0.3, -0.25) is 4.79 Å². The molecule has 0 spiro atoms. The molecule has 0 radical (unpaired) electrons. The molecule has 0 aliphatic carbocycles. The molecule has 0 aliphatic heterocycles. The number of rotatable bonds is 8. The molecule has 0 bridgehead atoms. The Morgan fingerprint density at radius 1 is 1.00 bits per heavy atom. The summed E-state index contributed by atoms with van der Waals surface area (Å²) in [7, 11) is -3.41. The second-order valence-electron chi connectivity index (χ2n) is 6.92. The van der Waals surface area contributed by atoms with E-state index < -0.39 is 9.84 Å². The molecule has 0 atom stereocenters. The number of aryl methyl sites for hydroxylation is 1. The van der Waals surface area contributed by atoms with E-state index in [1.54, 1.807) is 18.2 Å². The quantitative estimate of drug-likeness (QED) is 0.576. The molecule has 2 aromatic carbocycles. The summed E-state index contributed by atoms with van der Waals surface area (Å²) >= 11 is 5.85. The molecule has 7 heteroatoms. The molecule has 1 N–H and O–H groups in total. The van der Waals surface area contributed by atoms with Gasteiger partial charge < -0.3 is 9.73 Å². The summed E-state index contributed by atoms with van der Waals surface area (Å²) in [5.41, 5.74) is 2.79. The molecule has 0 fully saturated rings. The van der Waals surface area contributed by atoms with Gasteiger partial charge in [-0.25, -0.2) is 8.42 Å². The van der Waals surface area contributed by atoms with Crippen molar-refractivity contribution in [2.45, 2.75) is 24.9 Å². The lowest BCUT2D eigenvalue weighted by Gasteiger charge is -2.05. The van der Waals surface area contributed by atoms with E-state index >= 15 is 0 Å². The second-order valence-corrected chi connectivity index (χ2v) is 9.42. The Kier molecular flexibility index (Phi) is 6.77. The van der Waals surface area contributed by atoms with Crippen LogP contribution in [-0.2, 0) is 27.8 Å². The highest BCUT2D eigenvalue weighted by Gasteiger charge is 2.18. The van der Waals surface area contributed by atoms with E-state index in [4.69, 9.17) is 16.0 Å². The summed E-state index contributed by atoms with van der Waals surface area (Å²) in [4.78, 5) is 12.2. The summed E-state index contributed by atoms with van der Waals surface area (Å²) in [5.74, 6) is -0.347. The molecule has 0 saturated heterocycles. The van der Waals surface area contributed by atoms with Gasteiger partial charge in [0.15, 0.2) is 15.6 Å². The van der Waals surface area contributed by atoms with E-state index in [1.807, 2.05) is 37.3 Å². The second kappa shape index (κ2) is 9.29.